The molecule has 1 aromatic rings. The molecule has 2 rings (SSSR count). The minimum atomic E-state index is -0.0395. The third-order valence-electron chi connectivity index (χ3n) is 4.50. The Hall–Kier alpha value is -2.04. The molecule has 0 aliphatic carbocycles. The van der Waals surface area contributed by atoms with Crippen LogP contribution in [0.15, 0.2) is 12.1 Å². The molecule has 5 nitrogen and oxygen atoms in total. The highest BCUT2D eigenvalue weighted by Gasteiger charge is 2.24. The van der Waals surface area contributed by atoms with E-state index in [-0.39, 0.29) is 18.0 Å². The Morgan fingerprint density at radius 2 is 1.50 bits per heavy atom. The summed E-state index contributed by atoms with van der Waals surface area (Å²) in [6.07, 6.45) is 0.441. The molecule has 0 unspecified atom stereocenters. The van der Waals surface area contributed by atoms with Crippen LogP contribution in [0, 0.1) is 20.8 Å². The van der Waals surface area contributed by atoms with Gasteiger partial charge in [0.05, 0.1) is 6.42 Å². The number of hydrogen-bond acceptors (Lipinski definition) is 2. The van der Waals surface area contributed by atoms with Crippen LogP contribution < -0.4 is 5.32 Å². The summed E-state index contributed by atoms with van der Waals surface area (Å²) in [5.41, 5.74) is 4.71. The normalized spacial score (nSPS) is 14.9. The van der Waals surface area contributed by atoms with Crippen molar-refractivity contribution in [3.63, 3.8) is 0 Å². The van der Waals surface area contributed by atoms with Crippen LogP contribution >= 0.6 is 0 Å². The number of urea groups is 1. The topological polar surface area (TPSA) is 52.7 Å². The number of rotatable bonds is 3. The number of nitrogens with one attached hydrogen (secondary N) is 1. The van der Waals surface area contributed by atoms with Gasteiger partial charge in [-0.3, -0.25) is 4.79 Å². The summed E-state index contributed by atoms with van der Waals surface area (Å²) in [5.74, 6) is 0.147. The number of aryl methyl sites for hydroxylation is 3. The minimum Gasteiger partial charge on any atom is -0.339 e. The van der Waals surface area contributed by atoms with Gasteiger partial charge in [0.15, 0.2) is 0 Å². The maximum atomic E-state index is 12.6. The van der Waals surface area contributed by atoms with Gasteiger partial charge in [-0.05, 0) is 51.3 Å². The van der Waals surface area contributed by atoms with E-state index in [0.29, 0.717) is 32.6 Å². The van der Waals surface area contributed by atoms with Gasteiger partial charge in [0.1, 0.15) is 0 Å². The maximum Gasteiger partial charge on any atom is 0.317 e. The first-order valence-electron chi connectivity index (χ1n) is 8.68. The number of carbonyl (C=O) groups is 2. The first-order valence-corrected chi connectivity index (χ1v) is 8.68. The van der Waals surface area contributed by atoms with Gasteiger partial charge in [0, 0.05) is 32.2 Å². The molecule has 1 N–H and O–H groups in total. The largest absolute Gasteiger partial charge is 0.339 e. The number of carbonyl (C=O) groups excluding carboxylic acids is 2. The molecule has 0 radical (unpaired) electrons. The lowest BCUT2D eigenvalue weighted by atomic mass is 9.97. The van der Waals surface area contributed by atoms with E-state index >= 15 is 0 Å². The lowest BCUT2D eigenvalue weighted by Gasteiger charge is -2.35. The Kier molecular flexibility index (Phi) is 5.86. The smallest absolute Gasteiger partial charge is 0.317 e. The van der Waals surface area contributed by atoms with E-state index in [1.165, 1.54) is 16.7 Å². The van der Waals surface area contributed by atoms with E-state index in [0.717, 1.165) is 5.56 Å². The third-order valence-corrected chi connectivity index (χ3v) is 4.50. The van der Waals surface area contributed by atoms with Crippen LogP contribution in [0.1, 0.15) is 36.1 Å². The highest BCUT2D eigenvalue weighted by Crippen LogP contribution is 2.18. The molecule has 1 saturated heterocycles. The Balaban J connectivity index is 1.93. The zero-order valence-corrected chi connectivity index (χ0v) is 15.5. The van der Waals surface area contributed by atoms with Crippen LogP contribution in [-0.4, -0.2) is 54.0 Å². The monoisotopic (exact) mass is 331 g/mol. The zero-order chi connectivity index (χ0) is 17.9. The number of amides is 3. The average Bonchev–Trinajstić information content (AvgIpc) is 2.50. The summed E-state index contributed by atoms with van der Waals surface area (Å²) in [5, 5.41) is 2.90. The molecule has 3 amide bonds. The van der Waals surface area contributed by atoms with Gasteiger partial charge in [-0.1, -0.05) is 17.7 Å². The van der Waals surface area contributed by atoms with Crippen LogP contribution in [-0.2, 0) is 11.2 Å². The summed E-state index contributed by atoms with van der Waals surface area (Å²) >= 11 is 0. The minimum absolute atomic E-state index is 0.0395. The molecule has 0 atom stereocenters. The molecule has 0 bridgehead atoms. The van der Waals surface area contributed by atoms with Crippen molar-refractivity contribution in [2.24, 2.45) is 0 Å². The SMILES string of the molecule is Cc1cc(C)c(CC(=O)N2CCN(C(=O)NC(C)C)CC2)c(C)c1. The van der Waals surface area contributed by atoms with Gasteiger partial charge in [-0.2, -0.15) is 0 Å². The molecule has 24 heavy (non-hydrogen) atoms. The Labute approximate surface area is 145 Å². The lowest BCUT2D eigenvalue weighted by molar-refractivity contribution is -0.131. The number of piperazine rings is 1. The fourth-order valence-corrected chi connectivity index (χ4v) is 3.25. The highest BCUT2D eigenvalue weighted by molar-refractivity contribution is 5.80. The number of benzene rings is 1. The molecule has 0 saturated carbocycles. The van der Waals surface area contributed by atoms with Crippen molar-refractivity contribution in [1.82, 2.24) is 15.1 Å². The molecule has 1 fully saturated rings. The van der Waals surface area contributed by atoms with Gasteiger partial charge in [0.25, 0.3) is 0 Å². The Bertz CT molecular complexity index is 594. The molecule has 1 aliphatic rings. The predicted molar refractivity (Wildman–Crippen MR) is 96.2 cm³/mol. The molecular formula is C19H29N3O2. The van der Waals surface area contributed by atoms with Gasteiger partial charge >= 0.3 is 6.03 Å². The van der Waals surface area contributed by atoms with E-state index in [4.69, 9.17) is 0 Å². The van der Waals surface area contributed by atoms with Crippen molar-refractivity contribution in [2.45, 2.75) is 47.1 Å². The highest BCUT2D eigenvalue weighted by atomic mass is 16.2. The van der Waals surface area contributed by atoms with Crippen molar-refractivity contribution in [2.75, 3.05) is 26.2 Å². The van der Waals surface area contributed by atoms with Crippen LogP contribution in [0.25, 0.3) is 0 Å². The van der Waals surface area contributed by atoms with E-state index < -0.39 is 0 Å². The van der Waals surface area contributed by atoms with Crippen LogP contribution in [0.3, 0.4) is 0 Å². The first kappa shape index (κ1) is 18.3. The van der Waals surface area contributed by atoms with Gasteiger partial charge < -0.3 is 15.1 Å². The van der Waals surface area contributed by atoms with Crippen molar-refractivity contribution < 1.29 is 9.59 Å². The van der Waals surface area contributed by atoms with E-state index in [1.807, 2.05) is 18.7 Å². The molecule has 1 aliphatic heterocycles. The Morgan fingerprint density at radius 1 is 1.00 bits per heavy atom. The Morgan fingerprint density at radius 3 is 2.00 bits per heavy atom. The summed E-state index contributed by atoms with van der Waals surface area (Å²) in [6, 6.07) is 4.35. The van der Waals surface area contributed by atoms with Crippen LogP contribution in [0.4, 0.5) is 4.79 Å². The summed E-state index contributed by atoms with van der Waals surface area (Å²) < 4.78 is 0. The summed E-state index contributed by atoms with van der Waals surface area (Å²) in [7, 11) is 0. The van der Waals surface area contributed by atoms with Crippen LogP contribution in [0.5, 0.6) is 0 Å². The summed E-state index contributed by atoms with van der Waals surface area (Å²) in [6.45, 7) is 12.5. The third kappa shape index (κ3) is 4.49. The number of nitrogens with zero attached hydrogens (tertiary/aromatic N) is 2. The maximum absolute atomic E-state index is 12.6. The quantitative estimate of drug-likeness (QED) is 0.925. The average molecular weight is 331 g/mol. The van der Waals surface area contributed by atoms with Gasteiger partial charge in [0.2, 0.25) is 5.91 Å². The molecule has 132 valence electrons. The second-order valence-electron chi connectivity index (χ2n) is 7.03. The molecule has 1 heterocycles. The predicted octanol–water partition coefficient (Wildman–Crippen LogP) is 2.42. The zero-order valence-electron chi connectivity index (χ0n) is 15.5. The molecule has 0 spiro atoms. The van der Waals surface area contributed by atoms with Gasteiger partial charge in [-0.15, -0.1) is 0 Å². The fraction of sp³-hybridized carbons (Fsp3) is 0.579. The first-order chi connectivity index (χ1) is 11.3. The van der Waals surface area contributed by atoms with Crippen molar-refractivity contribution in [1.29, 1.82) is 0 Å². The number of hydrogen-bond donors (Lipinski definition) is 1. The second-order valence-corrected chi connectivity index (χ2v) is 7.03. The summed E-state index contributed by atoms with van der Waals surface area (Å²) in [4.78, 5) is 28.3. The van der Waals surface area contributed by atoms with Crippen LogP contribution in [0.2, 0.25) is 0 Å². The molecule has 0 aromatic heterocycles. The second kappa shape index (κ2) is 7.69. The standard InChI is InChI=1S/C19H29N3O2/c1-13(2)20-19(24)22-8-6-21(7-9-22)18(23)12-17-15(4)10-14(3)11-16(17)5/h10-11,13H,6-9,12H2,1-5H3,(H,20,24). The fourth-order valence-electron chi connectivity index (χ4n) is 3.25. The molecule has 5 heteroatoms. The van der Waals surface area contributed by atoms with Crippen molar-refractivity contribution >= 4 is 11.9 Å². The lowest BCUT2D eigenvalue weighted by Crippen LogP contribution is -2.54. The van der Waals surface area contributed by atoms with E-state index in [2.05, 4.69) is 38.2 Å². The van der Waals surface area contributed by atoms with Gasteiger partial charge in [-0.25, -0.2) is 4.79 Å². The molecule has 1 aromatic carbocycles. The van der Waals surface area contributed by atoms with E-state index in [1.54, 1.807) is 4.90 Å². The molecular weight excluding hydrogens is 302 g/mol. The van der Waals surface area contributed by atoms with Crippen molar-refractivity contribution in [3.8, 4) is 0 Å². The van der Waals surface area contributed by atoms with Crippen molar-refractivity contribution in [3.05, 3.63) is 34.4 Å². The van der Waals surface area contributed by atoms with E-state index in [9.17, 15) is 9.59 Å².